The van der Waals surface area contributed by atoms with E-state index in [1.54, 1.807) is 6.07 Å². The van der Waals surface area contributed by atoms with Gasteiger partial charge in [0.1, 0.15) is 11.4 Å². The summed E-state index contributed by atoms with van der Waals surface area (Å²) in [5.74, 6) is 0.116. The van der Waals surface area contributed by atoms with E-state index in [-0.39, 0.29) is 11.6 Å². The van der Waals surface area contributed by atoms with E-state index in [9.17, 15) is 9.18 Å². The molecule has 2 nitrogen and oxygen atoms in total. The first kappa shape index (κ1) is 15.7. The van der Waals surface area contributed by atoms with Crippen LogP contribution in [0.3, 0.4) is 0 Å². The van der Waals surface area contributed by atoms with Crippen LogP contribution in [0.2, 0.25) is 0 Å². The summed E-state index contributed by atoms with van der Waals surface area (Å²) in [5.41, 5.74) is 1.33. The van der Waals surface area contributed by atoms with Crippen LogP contribution in [-0.2, 0) is 0 Å². The van der Waals surface area contributed by atoms with Crippen LogP contribution >= 0.6 is 0 Å². The fourth-order valence-corrected chi connectivity index (χ4v) is 2.64. The number of furan rings is 1. The first-order chi connectivity index (χ1) is 10.1. The Hall–Kier alpha value is -1.64. The first-order valence-corrected chi connectivity index (χ1v) is 7.85. The standard InChI is InChI=1S/C18H23FO2/c1-3-4-5-6-7-8-9-16(20)18-13(2)15-12-14(19)10-11-17(15)21-18/h10-12H,3-9H2,1-2H3. The molecule has 0 atom stereocenters. The topological polar surface area (TPSA) is 30.2 Å². The molecule has 1 heterocycles. The average molecular weight is 290 g/mol. The van der Waals surface area contributed by atoms with E-state index in [0.29, 0.717) is 23.2 Å². The maximum atomic E-state index is 13.3. The molecule has 0 aliphatic carbocycles. The highest BCUT2D eigenvalue weighted by atomic mass is 19.1. The summed E-state index contributed by atoms with van der Waals surface area (Å²) in [5, 5.41) is 0.696. The number of rotatable bonds is 8. The number of carbonyl (C=O) groups excluding carboxylic acids is 1. The number of halogens is 1. The van der Waals surface area contributed by atoms with Gasteiger partial charge >= 0.3 is 0 Å². The molecule has 3 heteroatoms. The van der Waals surface area contributed by atoms with Crippen LogP contribution in [0.15, 0.2) is 22.6 Å². The van der Waals surface area contributed by atoms with Crippen LogP contribution in [0.1, 0.15) is 68.0 Å². The van der Waals surface area contributed by atoms with Crippen molar-refractivity contribution in [3.8, 4) is 0 Å². The van der Waals surface area contributed by atoms with Gasteiger partial charge in [-0.15, -0.1) is 0 Å². The Bertz CT molecular complexity index is 613. The van der Waals surface area contributed by atoms with Crippen molar-refractivity contribution in [3.63, 3.8) is 0 Å². The van der Waals surface area contributed by atoms with E-state index in [2.05, 4.69) is 6.92 Å². The Kier molecular flexibility index (Phi) is 5.54. The van der Waals surface area contributed by atoms with Gasteiger partial charge in [-0.05, 0) is 31.5 Å². The summed E-state index contributed by atoms with van der Waals surface area (Å²) in [6.07, 6.45) is 7.41. The largest absolute Gasteiger partial charge is 0.453 e. The Morgan fingerprint density at radius 2 is 1.86 bits per heavy atom. The minimum Gasteiger partial charge on any atom is -0.453 e. The van der Waals surface area contributed by atoms with E-state index in [1.165, 1.54) is 37.8 Å². The molecule has 1 aromatic heterocycles. The van der Waals surface area contributed by atoms with Crippen molar-refractivity contribution < 1.29 is 13.6 Å². The van der Waals surface area contributed by atoms with Crippen LogP contribution in [0, 0.1) is 12.7 Å². The Morgan fingerprint density at radius 3 is 2.62 bits per heavy atom. The number of ketones is 1. The van der Waals surface area contributed by atoms with E-state index in [1.807, 2.05) is 6.92 Å². The predicted molar refractivity (Wildman–Crippen MR) is 83.2 cm³/mol. The van der Waals surface area contributed by atoms with Gasteiger partial charge in [-0.25, -0.2) is 4.39 Å². The van der Waals surface area contributed by atoms with Crippen LogP contribution in [-0.4, -0.2) is 5.78 Å². The SMILES string of the molecule is CCCCCCCCC(=O)c1oc2ccc(F)cc2c1C. The molecule has 0 aliphatic heterocycles. The second kappa shape index (κ2) is 7.39. The number of hydrogen-bond acceptors (Lipinski definition) is 2. The molecule has 1 aromatic carbocycles. The first-order valence-electron chi connectivity index (χ1n) is 7.85. The summed E-state index contributed by atoms with van der Waals surface area (Å²) in [6, 6.07) is 4.36. The monoisotopic (exact) mass is 290 g/mol. The molecule has 0 aliphatic rings. The molecule has 114 valence electrons. The number of fused-ring (bicyclic) bond motifs is 1. The highest BCUT2D eigenvalue weighted by molar-refractivity contribution is 6.00. The normalized spacial score (nSPS) is 11.2. The molecule has 0 bridgehead atoms. The number of hydrogen-bond donors (Lipinski definition) is 0. The summed E-state index contributed by atoms with van der Waals surface area (Å²) in [4.78, 5) is 12.2. The summed E-state index contributed by atoms with van der Waals surface area (Å²) < 4.78 is 18.8. The zero-order valence-electron chi connectivity index (χ0n) is 12.9. The average Bonchev–Trinajstić information content (AvgIpc) is 2.79. The van der Waals surface area contributed by atoms with E-state index >= 15 is 0 Å². The molecule has 0 N–H and O–H groups in total. The number of carbonyl (C=O) groups is 1. The number of benzene rings is 1. The van der Waals surface area contributed by atoms with Crippen molar-refractivity contribution in [2.75, 3.05) is 0 Å². The number of aryl methyl sites for hydroxylation is 1. The second-order valence-corrected chi connectivity index (χ2v) is 5.64. The molecule has 0 saturated carbocycles. The van der Waals surface area contributed by atoms with Gasteiger partial charge in [-0.1, -0.05) is 39.0 Å². The number of unbranched alkanes of at least 4 members (excludes halogenated alkanes) is 5. The van der Waals surface area contributed by atoms with E-state index < -0.39 is 0 Å². The fourth-order valence-electron chi connectivity index (χ4n) is 2.64. The lowest BCUT2D eigenvalue weighted by Gasteiger charge is -2.00. The van der Waals surface area contributed by atoms with Gasteiger partial charge in [0.2, 0.25) is 0 Å². The maximum absolute atomic E-state index is 13.3. The lowest BCUT2D eigenvalue weighted by Crippen LogP contribution is -1.99. The van der Waals surface area contributed by atoms with Crippen molar-refractivity contribution in [1.29, 1.82) is 0 Å². The molecule has 0 radical (unpaired) electrons. The third kappa shape index (κ3) is 3.93. The molecule has 0 saturated heterocycles. The van der Waals surface area contributed by atoms with Crippen molar-refractivity contribution in [2.24, 2.45) is 0 Å². The van der Waals surface area contributed by atoms with Crippen LogP contribution in [0.5, 0.6) is 0 Å². The molecule has 0 fully saturated rings. The van der Waals surface area contributed by atoms with Crippen molar-refractivity contribution >= 4 is 16.8 Å². The molecule has 2 rings (SSSR count). The zero-order valence-corrected chi connectivity index (χ0v) is 12.9. The van der Waals surface area contributed by atoms with E-state index in [0.717, 1.165) is 18.4 Å². The molecule has 0 spiro atoms. The Labute approximate surface area is 125 Å². The van der Waals surface area contributed by atoms with Gasteiger partial charge in [-0.2, -0.15) is 0 Å². The van der Waals surface area contributed by atoms with Crippen LogP contribution < -0.4 is 0 Å². The van der Waals surface area contributed by atoms with Crippen molar-refractivity contribution in [2.45, 2.75) is 58.8 Å². The third-order valence-electron chi connectivity index (χ3n) is 3.91. The summed E-state index contributed by atoms with van der Waals surface area (Å²) in [6.45, 7) is 4.01. The van der Waals surface area contributed by atoms with Crippen LogP contribution in [0.4, 0.5) is 4.39 Å². The molecular weight excluding hydrogens is 267 g/mol. The predicted octanol–water partition coefficient (Wildman–Crippen LogP) is 5.81. The second-order valence-electron chi connectivity index (χ2n) is 5.64. The van der Waals surface area contributed by atoms with Crippen LogP contribution in [0.25, 0.3) is 11.0 Å². The summed E-state index contributed by atoms with van der Waals surface area (Å²) in [7, 11) is 0. The molecular formula is C18H23FO2. The third-order valence-corrected chi connectivity index (χ3v) is 3.91. The Balaban J connectivity index is 1.95. The van der Waals surface area contributed by atoms with Gasteiger partial charge in [0.15, 0.2) is 11.5 Å². The molecule has 0 unspecified atom stereocenters. The lowest BCUT2D eigenvalue weighted by molar-refractivity contribution is 0.0953. The summed E-state index contributed by atoms with van der Waals surface area (Å²) >= 11 is 0. The number of Topliss-reactive ketones (excluding diaryl/α,β-unsaturated/α-hetero) is 1. The van der Waals surface area contributed by atoms with Gasteiger partial charge in [0, 0.05) is 17.4 Å². The lowest BCUT2D eigenvalue weighted by atomic mass is 10.0. The molecule has 0 amide bonds. The van der Waals surface area contributed by atoms with Crippen molar-refractivity contribution in [1.82, 2.24) is 0 Å². The van der Waals surface area contributed by atoms with Gasteiger partial charge in [0.05, 0.1) is 0 Å². The minimum absolute atomic E-state index is 0.0274. The fraction of sp³-hybridized carbons (Fsp3) is 0.500. The highest BCUT2D eigenvalue weighted by Crippen LogP contribution is 2.27. The molecule has 21 heavy (non-hydrogen) atoms. The minimum atomic E-state index is -0.304. The maximum Gasteiger partial charge on any atom is 0.198 e. The van der Waals surface area contributed by atoms with Gasteiger partial charge in [-0.3, -0.25) is 4.79 Å². The van der Waals surface area contributed by atoms with Gasteiger partial charge < -0.3 is 4.42 Å². The van der Waals surface area contributed by atoms with E-state index in [4.69, 9.17) is 4.42 Å². The molecule has 2 aromatic rings. The Morgan fingerprint density at radius 1 is 1.14 bits per heavy atom. The zero-order chi connectivity index (χ0) is 15.2. The smallest absolute Gasteiger partial charge is 0.198 e. The highest BCUT2D eigenvalue weighted by Gasteiger charge is 2.17. The van der Waals surface area contributed by atoms with Gasteiger partial charge in [0.25, 0.3) is 0 Å². The quantitative estimate of drug-likeness (QED) is 0.453. The van der Waals surface area contributed by atoms with Crippen molar-refractivity contribution in [3.05, 3.63) is 35.3 Å².